The number of aryl methyl sites for hydroxylation is 1. The van der Waals surface area contributed by atoms with E-state index in [9.17, 15) is 13.2 Å². The van der Waals surface area contributed by atoms with Crippen LogP contribution in [-0.2, 0) is 14.6 Å². The van der Waals surface area contributed by atoms with Gasteiger partial charge in [-0.2, -0.15) is 0 Å². The first-order valence-corrected chi connectivity index (χ1v) is 9.38. The van der Waals surface area contributed by atoms with Gasteiger partial charge in [0, 0.05) is 31.7 Å². The second-order valence-electron chi connectivity index (χ2n) is 5.99. The van der Waals surface area contributed by atoms with Crippen molar-refractivity contribution >= 4 is 21.4 Å². The standard InChI is InChI=1S/C16H24N2O3S/c1-12-5-4-6-15(13(12)2)17-9-7-16(19)18(3)14-8-10-22(20,21)11-14/h4-6,14,17H,7-11H2,1-3H3. The third-order valence-corrected chi connectivity index (χ3v) is 6.16. The van der Waals surface area contributed by atoms with Crippen LogP contribution >= 0.6 is 0 Å². The third kappa shape index (κ3) is 4.00. The molecule has 0 aliphatic carbocycles. The van der Waals surface area contributed by atoms with E-state index in [2.05, 4.69) is 25.2 Å². The quantitative estimate of drug-likeness (QED) is 0.896. The molecule has 1 aromatic carbocycles. The maximum absolute atomic E-state index is 12.2. The minimum absolute atomic E-state index is 0.0140. The zero-order valence-electron chi connectivity index (χ0n) is 13.4. The summed E-state index contributed by atoms with van der Waals surface area (Å²) >= 11 is 0. The Balaban J connectivity index is 1.84. The first kappa shape index (κ1) is 16.8. The molecule has 1 aliphatic heterocycles. The summed E-state index contributed by atoms with van der Waals surface area (Å²) in [6.45, 7) is 4.65. The van der Waals surface area contributed by atoms with Crippen molar-refractivity contribution in [2.24, 2.45) is 0 Å². The SMILES string of the molecule is Cc1cccc(NCCC(=O)N(C)C2CCS(=O)(=O)C2)c1C. The van der Waals surface area contributed by atoms with Crippen molar-refractivity contribution in [2.45, 2.75) is 32.7 Å². The number of carbonyl (C=O) groups is 1. The number of carbonyl (C=O) groups excluding carboxylic acids is 1. The zero-order chi connectivity index (χ0) is 16.3. The largest absolute Gasteiger partial charge is 0.384 e. The van der Waals surface area contributed by atoms with Crippen molar-refractivity contribution in [3.05, 3.63) is 29.3 Å². The zero-order valence-corrected chi connectivity index (χ0v) is 14.2. The van der Waals surface area contributed by atoms with E-state index in [4.69, 9.17) is 0 Å². The second-order valence-corrected chi connectivity index (χ2v) is 8.21. The van der Waals surface area contributed by atoms with Crippen LogP contribution in [0.3, 0.4) is 0 Å². The lowest BCUT2D eigenvalue weighted by atomic mass is 10.1. The van der Waals surface area contributed by atoms with Gasteiger partial charge >= 0.3 is 0 Å². The van der Waals surface area contributed by atoms with E-state index < -0.39 is 9.84 Å². The predicted octanol–water partition coefficient (Wildman–Crippen LogP) is 1.75. The van der Waals surface area contributed by atoms with Gasteiger partial charge in [0.25, 0.3) is 0 Å². The number of nitrogens with zero attached hydrogens (tertiary/aromatic N) is 1. The van der Waals surface area contributed by atoms with Crippen LogP contribution < -0.4 is 5.32 Å². The summed E-state index contributed by atoms with van der Waals surface area (Å²) in [6, 6.07) is 5.88. The van der Waals surface area contributed by atoms with Gasteiger partial charge in [0.05, 0.1) is 11.5 Å². The maximum Gasteiger partial charge on any atom is 0.224 e. The fraction of sp³-hybridized carbons (Fsp3) is 0.562. The van der Waals surface area contributed by atoms with Gasteiger partial charge in [-0.25, -0.2) is 8.42 Å². The molecule has 5 nitrogen and oxygen atoms in total. The molecule has 0 spiro atoms. The normalized spacial score (nSPS) is 19.9. The summed E-state index contributed by atoms with van der Waals surface area (Å²) in [5.41, 5.74) is 3.44. The van der Waals surface area contributed by atoms with Gasteiger partial charge < -0.3 is 10.2 Å². The van der Waals surface area contributed by atoms with Crippen LogP contribution in [0.1, 0.15) is 24.0 Å². The molecule has 22 heavy (non-hydrogen) atoms. The van der Waals surface area contributed by atoms with Gasteiger partial charge in [0.2, 0.25) is 5.91 Å². The molecular formula is C16H24N2O3S. The van der Waals surface area contributed by atoms with Crippen LogP contribution in [0, 0.1) is 13.8 Å². The Labute approximate surface area is 132 Å². The molecule has 1 unspecified atom stereocenters. The number of hydrogen-bond donors (Lipinski definition) is 1. The number of hydrogen-bond acceptors (Lipinski definition) is 4. The van der Waals surface area contributed by atoms with Crippen LogP contribution in [0.25, 0.3) is 0 Å². The molecule has 0 aromatic heterocycles. The molecular weight excluding hydrogens is 300 g/mol. The van der Waals surface area contributed by atoms with Gasteiger partial charge in [0.15, 0.2) is 9.84 Å². The highest BCUT2D eigenvalue weighted by Crippen LogP contribution is 2.19. The van der Waals surface area contributed by atoms with Crippen LogP contribution in [0.15, 0.2) is 18.2 Å². The third-order valence-electron chi connectivity index (χ3n) is 4.41. The van der Waals surface area contributed by atoms with Crippen molar-refractivity contribution < 1.29 is 13.2 Å². The minimum Gasteiger partial charge on any atom is -0.384 e. The van der Waals surface area contributed by atoms with E-state index in [1.54, 1.807) is 11.9 Å². The maximum atomic E-state index is 12.2. The van der Waals surface area contributed by atoms with Gasteiger partial charge in [-0.15, -0.1) is 0 Å². The first-order chi connectivity index (χ1) is 10.3. The molecule has 1 aliphatic rings. The van der Waals surface area contributed by atoms with Crippen LogP contribution in [0.2, 0.25) is 0 Å². The summed E-state index contributed by atoms with van der Waals surface area (Å²) in [5, 5.41) is 3.28. The lowest BCUT2D eigenvalue weighted by Gasteiger charge is -2.23. The van der Waals surface area contributed by atoms with E-state index in [1.807, 2.05) is 12.1 Å². The Morgan fingerprint density at radius 3 is 2.73 bits per heavy atom. The van der Waals surface area contributed by atoms with Crippen molar-refractivity contribution in [1.82, 2.24) is 4.90 Å². The highest BCUT2D eigenvalue weighted by molar-refractivity contribution is 7.91. The summed E-state index contributed by atoms with van der Waals surface area (Å²) in [5.74, 6) is 0.273. The van der Waals surface area contributed by atoms with Gasteiger partial charge in [0.1, 0.15) is 0 Å². The van der Waals surface area contributed by atoms with Crippen molar-refractivity contribution in [1.29, 1.82) is 0 Å². The highest BCUT2D eigenvalue weighted by atomic mass is 32.2. The lowest BCUT2D eigenvalue weighted by molar-refractivity contribution is -0.131. The molecule has 1 atom stereocenters. The molecule has 1 amide bonds. The molecule has 0 saturated carbocycles. The summed E-state index contributed by atoms with van der Waals surface area (Å²) in [4.78, 5) is 13.8. The number of anilines is 1. The van der Waals surface area contributed by atoms with Crippen LogP contribution in [0.5, 0.6) is 0 Å². The molecule has 1 fully saturated rings. The topological polar surface area (TPSA) is 66.5 Å². The molecule has 1 aromatic rings. The Morgan fingerprint density at radius 1 is 1.36 bits per heavy atom. The van der Waals surface area contributed by atoms with Gasteiger partial charge in [-0.05, 0) is 37.5 Å². The summed E-state index contributed by atoms with van der Waals surface area (Å²) in [6.07, 6.45) is 0.912. The highest BCUT2D eigenvalue weighted by Gasteiger charge is 2.32. The van der Waals surface area contributed by atoms with Gasteiger partial charge in [-0.3, -0.25) is 4.79 Å². The summed E-state index contributed by atoms with van der Waals surface area (Å²) in [7, 11) is -1.26. The van der Waals surface area contributed by atoms with E-state index in [-0.39, 0.29) is 23.5 Å². The molecule has 0 bridgehead atoms. The average molecular weight is 324 g/mol. The Kier molecular flexibility index (Phi) is 5.11. The van der Waals surface area contributed by atoms with E-state index in [0.29, 0.717) is 19.4 Å². The number of nitrogens with one attached hydrogen (secondary N) is 1. The molecule has 1 heterocycles. The van der Waals surface area contributed by atoms with E-state index in [0.717, 1.165) is 5.69 Å². The van der Waals surface area contributed by atoms with Crippen molar-refractivity contribution in [3.63, 3.8) is 0 Å². The molecule has 1 N–H and O–H groups in total. The molecule has 6 heteroatoms. The van der Waals surface area contributed by atoms with E-state index in [1.165, 1.54) is 11.1 Å². The first-order valence-electron chi connectivity index (χ1n) is 7.56. The molecule has 122 valence electrons. The number of benzene rings is 1. The average Bonchev–Trinajstić information content (AvgIpc) is 2.82. The van der Waals surface area contributed by atoms with Crippen molar-refractivity contribution in [2.75, 3.05) is 30.4 Å². The lowest BCUT2D eigenvalue weighted by Crippen LogP contribution is -2.38. The predicted molar refractivity (Wildman–Crippen MR) is 88.9 cm³/mol. The molecule has 1 saturated heterocycles. The molecule has 0 radical (unpaired) electrons. The molecule has 2 rings (SSSR count). The minimum atomic E-state index is -2.96. The van der Waals surface area contributed by atoms with Crippen LogP contribution in [-0.4, -0.2) is 50.4 Å². The monoisotopic (exact) mass is 324 g/mol. The Bertz CT molecular complexity index is 655. The number of sulfone groups is 1. The Morgan fingerprint density at radius 2 is 2.09 bits per heavy atom. The van der Waals surface area contributed by atoms with E-state index >= 15 is 0 Å². The van der Waals surface area contributed by atoms with Crippen LogP contribution in [0.4, 0.5) is 5.69 Å². The fourth-order valence-corrected chi connectivity index (χ4v) is 4.48. The van der Waals surface area contributed by atoms with Gasteiger partial charge in [-0.1, -0.05) is 12.1 Å². The number of amides is 1. The number of rotatable bonds is 5. The smallest absolute Gasteiger partial charge is 0.224 e. The van der Waals surface area contributed by atoms with Crippen molar-refractivity contribution in [3.8, 4) is 0 Å². The summed E-state index contributed by atoms with van der Waals surface area (Å²) < 4.78 is 23.0. The second kappa shape index (κ2) is 6.69. The Hall–Kier alpha value is -1.56. The fourth-order valence-electron chi connectivity index (χ4n) is 2.71.